The Bertz CT molecular complexity index is 489. The number of anilines is 1. The zero-order valence-corrected chi connectivity index (χ0v) is 11.1. The molecule has 3 heterocycles. The summed E-state index contributed by atoms with van der Waals surface area (Å²) in [5, 5.41) is 9.63. The van der Waals surface area contributed by atoms with Gasteiger partial charge in [0.25, 0.3) is 0 Å². The van der Waals surface area contributed by atoms with E-state index in [1.807, 2.05) is 17.0 Å². The summed E-state index contributed by atoms with van der Waals surface area (Å²) in [6.45, 7) is 4.21. The largest absolute Gasteiger partial charge is 0.389 e. The molecule has 0 spiro atoms. The molecule has 5 heteroatoms. The average molecular weight is 261 g/mol. The van der Waals surface area contributed by atoms with Gasteiger partial charge in [0.15, 0.2) is 0 Å². The van der Waals surface area contributed by atoms with Crippen LogP contribution >= 0.6 is 0 Å². The predicted octanol–water partition coefficient (Wildman–Crippen LogP) is 0.946. The van der Waals surface area contributed by atoms with E-state index in [1.165, 1.54) is 0 Å². The Morgan fingerprint density at radius 3 is 3.11 bits per heavy atom. The minimum absolute atomic E-state index is 0.287. The van der Waals surface area contributed by atoms with Crippen LogP contribution in [0.3, 0.4) is 0 Å². The van der Waals surface area contributed by atoms with Crippen molar-refractivity contribution in [3.63, 3.8) is 0 Å². The van der Waals surface area contributed by atoms with Gasteiger partial charge in [0.05, 0.1) is 6.10 Å². The summed E-state index contributed by atoms with van der Waals surface area (Å²) >= 11 is 0. The highest BCUT2D eigenvalue weighted by Gasteiger charge is 2.35. The van der Waals surface area contributed by atoms with Crippen LogP contribution in [0.4, 0.5) is 5.82 Å². The molecule has 1 amide bonds. The molecule has 0 radical (unpaired) electrons. The minimum Gasteiger partial charge on any atom is -0.389 e. The van der Waals surface area contributed by atoms with Crippen LogP contribution < -0.4 is 4.90 Å². The molecule has 2 fully saturated rings. The summed E-state index contributed by atoms with van der Waals surface area (Å²) in [6.07, 6.45) is 2.89. The monoisotopic (exact) mass is 261 g/mol. The highest BCUT2D eigenvalue weighted by molar-refractivity contribution is 5.79. The number of pyridine rings is 1. The number of aliphatic hydroxyl groups is 1. The van der Waals surface area contributed by atoms with Gasteiger partial charge in [0.1, 0.15) is 5.82 Å². The number of aromatic nitrogens is 1. The second kappa shape index (κ2) is 4.81. The van der Waals surface area contributed by atoms with Gasteiger partial charge in [0.2, 0.25) is 5.91 Å². The molecule has 1 N–H and O–H groups in total. The zero-order valence-electron chi connectivity index (χ0n) is 11.1. The van der Waals surface area contributed by atoms with E-state index in [1.54, 1.807) is 13.1 Å². The number of rotatable bonds is 2. The molecule has 19 heavy (non-hydrogen) atoms. The molecule has 0 aliphatic carbocycles. The first-order valence-electron chi connectivity index (χ1n) is 6.83. The summed E-state index contributed by atoms with van der Waals surface area (Å²) in [4.78, 5) is 20.3. The van der Waals surface area contributed by atoms with Crippen molar-refractivity contribution in [2.45, 2.75) is 31.9 Å². The molecule has 0 bridgehead atoms. The van der Waals surface area contributed by atoms with Crippen molar-refractivity contribution in [3.05, 3.63) is 23.9 Å². The number of piperazine rings is 1. The highest BCUT2D eigenvalue weighted by Crippen LogP contribution is 2.26. The maximum atomic E-state index is 11.7. The van der Waals surface area contributed by atoms with Gasteiger partial charge in [-0.25, -0.2) is 4.98 Å². The number of carbonyl (C=O) groups excluding carboxylic acids is 1. The first kappa shape index (κ1) is 12.4. The molecule has 2 atom stereocenters. The van der Waals surface area contributed by atoms with E-state index in [0.717, 1.165) is 37.4 Å². The molecule has 1 aromatic rings. The fourth-order valence-electron chi connectivity index (χ4n) is 2.94. The number of hydrogen-bond acceptors (Lipinski definition) is 4. The molecule has 1 unspecified atom stereocenters. The lowest BCUT2D eigenvalue weighted by molar-refractivity contribution is -0.129. The average Bonchev–Trinajstić information content (AvgIpc) is 2.80. The normalized spacial score (nSPS) is 24.5. The molecule has 3 rings (SSSR count). The van der Waals surface area contributed by atoms with Gasteiger partial charge in [-0.05, 0) is 31.0 Å². The van der Waals surface area contributed by atoms with Crippen molar-refractivity contribution in [1.29, 1.82) is 0 Å². The molecule has 0 aromatic carbocycles. The Morgan fingerprint density at radius 1 is 1.47 bits per heavy atom. The van der Waals surface area contributed by atoms with Gasteiger partial charge in [-0.2, -0.15) is 0 Å². The van der Waals surface area contributed by atoms with Crippen molar-refractivity contribution < 1.29 is 9.90 Å². The third-order valence-corrected chi connectivity index (χ3v) is 4.07. The van der Waals surface area contributed by atoms with E-state index in [4.69, 9.17) is 0 Å². The first-order valence-corrected chi connectivity index (χ1v) is 6.83. The van der Waals surface area contributed by atoms with E-state index < -0.39 is 6.10 Å². The van der Waals surface area contributed by atoms with Crippen LogP contribution in [0.2, 0.25) is 0 Å². The van der Waals surface area contributed by atoms with Gasteiger partial charge >= 0.3 is 0 Å². The highest BCUT2D eigenvalue weighted by atomic mass is 16.3. The number of amides is 1. The molecule has 102 valence electrons. The summed E-state index contributed by atoms with van der Waals surface area (Å²) in [5.74, 6) is 1.19. The predicted molar refractivity (Wildman–Crippen MR) is 71.8 cm³/mol. The van der Waals surface area contributed by atoms with Gasteiger partial charge in [-0.1, -0.05) is 0 Å². The second-order valence-electron chi connectivity index (χ2n) is 5.35. The lowest BCUT2D eigenvalue weighted by Gasteiger charge is -2.38. The van der Waals surface area contributed by atoms with Gasteiger partial charge in [-0.15, -0.1) is 0 Å². The van der Waals surface area contributed by atoms with Crippen LogP contribution in [0.15, 0.2) is 18.3 Å². The molecule has 2 aliphatic heterocycles. The zero-order chi connectivity index (χ0) is 13.4. The molecule has 5 nitrogen and oxygen atoms in total. The molecule has 1 aromatic heterocycles. The summed E-state index contributed by atoms with van der Waals surface area (Å²) < 4.78 is 0. The van der Waals surface area contributed by atoms with Crippen molar-refractivity contribution >= 4 is 11.7 Å². The summed E-state index contributed by atoms with van der Waals surface area (Å²) in [5.41, 5.74) is 0.884. The molecule has 0 saturated carbocycles. The summed E-state index contributed by atoms with van der Waals surface area (Å²) in [7, 11) is 0. The summed E-state index contributed by atoms with van der Waals surface area (Å²) in [6, 6.07) is 4.11. The smallest absolute Gasteiger partial charge is 0.223 e. The van der Waals surface area contributed by atoms with Gasteiger partial charge in [-0.3, -0.25) is 4.79 Å². The van der Waals surface area contributed by atoms with E-state index in [-0.39, 0.29) is 5.91 Å². The van der Waals surface area contributed by atoms with Crippen molar-refractivity contribution in [2.75, 3.05) is 24.5 Å². The maximum Gasteiger partial charge on any atom is 0.223 e. The topological polar surface area (TPSA) is 56.7 Å². The number of aliphatic hydroxyl groups excluding tert-OH is 1. The lowest BCUT2D eigenvalue weighted by atomic mass is 10.1. The van der Waals surface area contributed by atoms with Crippen LogP contribution in [-0.4, -0.2) is 46.6 Å². The van der Waals surface area contributed by atoms with Crippen LogP contribution in [0, 0.1) is 0 Å². The number of hydrogen-bond donors (Lipinski definition) is 1. The van der Waals surface area contributed by atoms with E-state index >= 15 is 0 Å². The second-order valence-corrected chi connectivity index (χ2v) is 5.35. The Morgan fingerprint density at radius 2 is 2.32 bits per heavy atom. The molecular formula is C14H19N3O2. The minimum atomic E-state index is -0.476. The Balaban J connectivity index is 1.77. The van der Waals surface area contributed by atoms with Crippen LogP contribution in [-0.2, 0) is 4.79 Å². The Kier molecular flexibility index (Phi) is 3.14. The quantitative estimate of drug-likeness (QED) is 0.861. The van der Waals surface area contributed by atoms with Crippen molar-refractivity contribution in [3.8, 4) is 0 Å². The molecule has 2 aliphatic rings. The SMILES string of the molecule is C[C@@H](O)c1ccnc(N2CCN3C(=O)CCC3C2)c1. The van der Waals surface area contributed by atoms with Crippen LogP contribution in [0.5, 0.6) is 0 Å². The van der Waals surface area contributed by atoms with Crippen LogP contribution in [0.25, 0.3) is 0 Å². The number of carbonyl (C=O) groups is 1. The van der Waals surface area contributed by atoms with Gasteiger partial charge < -0.3 is 14.9 Å². The van der Waals surface area contributed by atoms with Gasteiger partial charge in [0, 0.05) is 38.3 Å². The molecular weight excluding hydrogens is 242 g/mol. The van der Waals surface area contributed by atoms with E-state index in [0.29, 0.717) is 12.5 Å². The van der Waals surface area contributed by atoms with E-state index in [9.17, 15) is 9.90 Å². The third-order valence-electron chi connectivity index (χ3n) is 4.07. The van der Waals surface area contributed by atoms with Crippen LogP contribution in [0.1, 0.15) is 31.4 Å². The lowest BCUT2D eigenvalue weighted by Crippen LogP contribution is -2.51. The first-order chi connectivity index (χ1) is 9.15. The Labute approximate surface area is 112 Å². The molecule has 2 saturated heterocycles. The number of nitrogens with zero attached hydrogens (tertiary/aromatic N) is 3. The van der Waals surface area contributed by atoms with Crippen molar-refractivity contribution in [2.24, 2.45) is 0 Å². The number of fused-ring (bicyclic) bond motifs is 1. The van der Waals surface area contributed by atoms with E-state index in [2.05, 4.69) is 9.88 Å². The standard InChI is InChI=1S/C14H19N3O2/c1-10(18)11-4-5-15-13(8-11)16-6-7-17-12(9-16)2-3-14(17)19/h4-5,8,10,12,18H,2-3,6-7,9H2,1H3/t10-,12?/m1/s1. The fourth-order valence-corrected chi connectivity index (χ4v) is 2.94. The maximum absolute atomic E-state index is 11.7. The fraction of sp³-hybridized carbons (Fsp3) is 0.571. The van der Waals surface area contributed by atoms with Crippen molar-refractivity contribution in [1.82, 2.24) is 9.88 Å². The Hall–Kier alpha value is -1.62. The third kappa shape index (κ3) is 2.30.